The minimum Gasteiger partial charge on any atom is -0.337 e. The molecule has 0 unspecified atom stereocenters. The Hall–Kier alpha value is -3.43. The van der Waals surface area contributed by atoms with Gasteiger partial charge in [0.25, 0.3) is 5.56 Å². The lowest BCUT2D eigenvalue weighted by Crippen LogP contribution is -2.41. The van der Waals surface area contributed by atoms with Gasteiger partial charge in [-0.3, -0.25) is 19.5 Å². The molecule has 34 heavy (non-hydrogen) atoms. The van der Waals surface area contributed by atoms with Crippen LogP contribution in [-0.4, -0.2) is 33.8 Å². The van der Waals surface area contributed by atoms with E-state index in [0.717, 1.165) is 28.6 Å². The van der Waals surface area contributed by atoms with E-state index in [1.807, 2.05) is 47.8 Å². The topological polar surface area (TPSA) is 93.1 Å². The number of nitrogens with zero attached hydrogens (tertiary/aromatic N) is 2. The number of benzene rings is 2. The third-order valence-corrected chi connectivity index (χ3v) is 7.04. The third-order valence-electron chi connectivity index (χ3n) is 5.17. The molecule has 2 N–H and O–H groups in total. The van der Waals surface area contributed by atoms with Crippen LogP contribution in [0.15, 0.2) is 76.0 Å². The van der Waals surface area contributed by atoms with Crippen LogP contribution in [0.5, 0.6) is 0 Å². The summed E-state index contributed by atoms with van der Waals surface area (Å²) >= 11 is 2.73. The average molecular weight is 493 g/mol. The summed E-state index contributed by atoms with van der Waals surface area (Å²) in [6.07, 6.45) is 1.60. The summed E-state index contributed by atoms with van der Waals surface area (Å²) in [5.41, 5.74) is 2.19. The Morgan fingerprint density at radius 3 is 2.59 bits per heavy atom. The van der Waals surface area contributed by atoms with Crippen molar-refractivity contribution in [2.75, 3.05) is 12.3 Å². The molecule has 7 nitrogen and oxygen atoms in total. The van der Waals surface area contributed by atoms with Crippen molar-refractivity contribution < 1.29 is 9.59 Å². The van der Waals surface area contributed by atoms with E-state index in [1.165, 1.54) is 4.57 Å². The molecule has 9 heteroatoms. The van der Waals surface area contributed by atoms with Gasteiger partial charge in [-0.05, 0) is 54.1 Å². The van der Waals surface area contributed by atoms with Crippen LogP contribution >= 0.6 is 23.1 Å². The van der Waals surface area contributed by atoms with Gasteiger partial charge in [0.15, 0.2) is 5.16 Å². The molecule has 0 radical (unpaired) electrons. The van der Waals surface area contributed by atoms with Gasteiger partial charge in [-0.15, -0.1) is 11.3 Å². The molecular formula is C25H24N4O3S2. The maximum absolute atomic E-state index is 13.3. The zero-order valence-electron chi connectivity index (χ0n) is 18.6. The number of hydrogen-bond acceptors (Lipinski definition) is 6. The molecule has 174 valence electrons. The number of amides is 3. The monoisotopic (exact) mass is 492 g/mol. The minimum atomic E-state index is -0.541. The number of rotatable bonds is 8. The Balaban J connectivity index is 1.47. The second kappa shape index (κ2) is 11.1. The second-order valence-corrected chi connectivity index (χ2v) is 9.47. The van der Waals surface area contributed by atoms with Crippen LogP contribution in [0.25, 0.3) is 16.6 Å². The summed E-state index contributed by atoms with van der Waals surface area (Å²) in [6, 6.07) is 18.2. The number of aryl methyl sites for hydroxylation is 1. The van der Waals surface area contributed by atoms with Crippen molar-refractivity contribution in [1.82, 2.24) is 20.2 Å². The van der Waals surface area contributed by atoms with E-state index in [-0.39, 0.29) is 11.3 Å². The van der Waals surface area contributed by atoms with E-state index < -0.39 is 11.9 Å². The smallest absolute Gasteiger partial charge is 0.321 e. The van der Waals surface area contributed by atoms with Gasteiger partial charge in [-0.25, -0.2) is 9.78 Å². The summed E-state index contributed by atoms with van der Waals surface area (Å²) < 4.78 is 1.51. The van der Waals surface area contributed by atoms with Crippen molar-refractivity contribution in [1.29, 1.82) is 0 Å². The van der Waals surface area contributed by atoms with Gasteiger partial charge < -0.3 is 5.32 Å². The highest BCUT2D eigenvalue weighted by Crippen LogP contribution is 2.21. The molecule has 3 amide bonds. The van der Waals surface area contributed by atoms with Crippen LogP contribution in [0.4, 0.5) is 4.79 Å². The summed E-state index contributed by atoms with van der Waals surface area (Å²) in [4.78, 5) is 43.5. The molecule has 0 bridgehead atoms. The number of carbonyl (C=O) groups is 2. The van der Waals surface area contributed by atoms with Crippen molar-refractivity contribution in [2.45, 2.75) is 24.9 Å². The van der Waals surface area contributed by atoms with E-state index in [0.29, 0.717) is 34.7 Å². The highest BCUT2D eigenvalue weighted by atomic mass is 32.2. The number of thioether (sulfide) groups is 1. The number of thiophene rings is 1. The lowest BCUT2D eigenvalue weighted by molar-refractivity contribution is -0.117. The van der Waals surface area contributed by atoms with Gasteiger partial charge in [-0.1, -0.05) is 49.0 Å². The number of fused-ring (bicyclic) bond motifs is 1. The molecule has 0 aliphatic heterocycles. The standard InChI is InChI=1S/C25H24N4O3S2/c1-2-17-9-11-18(12-10-17)29-23(31)20-7-3-4-8-21(20)27-25(29)34-16-22(30)28-24(32)26-14-13-19-6-5-15-33-19/h3-12,15H,2,13-14,16H2,1H3,(H2,26,28,30,32). The fourth-order valence-electron chi connectivity index (χ4n) is 3.41. The third kappa shape index (κ3) is 5.73. The molecule has 2 aromatic carbocycles. The average Bonchev–Trinajstić information content (AvgIpc) is 3.36. The molecule has 0 saturated carbocycles. The number of imide groups is 1. The molecule has 0 saturated heterocycles. The molecule has 0 atom stereocenters. The maximum atomic E-state index is 13.3. The van der Waals surface area contributed by atoms with Gasteiger partial charge in [0, 0.05) is 11.4 Å². The highest BCUT2D eigenvalue weighted by Gasteiger charge is 2.16. The van der Waals surface area contributed by atoms with Crippen molar-refractivity contribution >= 4 is 45.9 Å². The highest BCUT2D eigenvalue weighted by molar-refractivity contribution is 7.99. The van der Waals surface area contributed by atoms with Crippen LogP contribution in [0.2, 0.25) is 0 Å². The van der Waals surface area contributed by atoms with Crippen LogP contribution in [0.3, 0.4) is 0 Å². The van der Waals surface area contributed by atoms with Crippen molar-refractivity contribution in [3.8, 4) is 5.69 Å². The van der Waals surface area contributed by atoms with Crippen LogP contribution in [0.1, 0.15) is 17.4 Å². The Labute approximate surface area is 205 Å². The van der Waals surface area contributed by atoms with E-state index in [2.05, 4.69) is 22.5 Å². The summed E-state index contributed by atoms with van der Waals surface area (Å²) in [6.45, 7) is 2.50. The number of para-hydroxylation sites is 1. The van der Waals surface area contributed by atoms with E-state index in [4.69, 9.17) is 0 Å². The zero-order valence-corrected chi connectivity index (χ0v) is 20.2. The predicted molar refractivity (Wildman–Crippen MR) is 137 cm³/mol. The van der Waals surface area contributed by atoms with Crippen LogP contribution < -0.4 is 16.2 Å². The van der Waals surface area contributed by atoms with Crippen LogP contribution in [0, 0.1) is 0 Å². The van der Waals surface area contributed by atoms with E-state index in [1.54, 1.807) is 29.5 Å². The number of urea groups is 1. The van der Waals surface area contributed by atoms with Crippen LogP contribution in [-0.2, 0) is 17.6 Å². The zero-order chi connectivity index (χ0) is 23.9. The fourth-order valence-corrected chi connectivity index (χ4v) is 4.93. The molecule has 4 rings (SSSR count). The first kappa shape index (κ1) is 23.7. The SMILES string of the molecule is CCc1ccc(-n2c(SCC(=O)NC(=O)NCCc3cccs3)nc3ccccc3c2=O)cc1. The minimum absolute atomic E-state index is 0.0594. The Bertz CT molecular complexity index is 1350. The normalized spacial score (nSPS) is 10.9. The largest absolute Gasteiger partial charge is 0.337 e. The van der Waals surface area contributed by atoms with Crippen molar-refractivity contribution in [2.24, 2.45) is 0 Å². The van der Waals surface area contributed by atoms with Crippen molar-refractivity contribution in [3.05, 3.63) is 86.8 Å². The molecule has 2 heterocycles. The molecule has 4 aromatic rings. The summed E-state index contributed by atoms with van der Waals surface area (Å²) in [5.74, 6) is -0.523. The summed E-state index contributed by atoms with van der Waals surface area (Å²) in [7, 11) is 0. The Kier molecular flexibility index (Phi) is 7.76. The number of hydrogen-bond donors (Lipinski definition) is 2. The number of carbonyl (C=O) groups excluding carboxylic acids is 2. The van der Waals surface area contributed by atoms with Gasteiger partial charge in [-0.2, -0.15) is 0 Å². The maximum Gasteiger partial charge on any atom is 0.321 e. The molecule has 0 fully saturated rings. The quantitative estimate of drug-likeness (QED) is 0.284. The Morgan fingerprint density at radius 1 is 1.06 bits per heavy atom. The first-order chi connectivity index (χ1) is 16.5. The molecule has 0 aliphatic rings. The molecular weight excluding hydrogens is 468 g/mol. The van der Waals surface area contributed by atoms with E-state index >= 15 is 0 Å². The first-order valence-electron chi connectivity index (χ1n) is 10.9. The molecule has 0 aliphatic carbocycles. The second-order valence-electron chi connectivity index (χ2n) is 7.49. The summed E-state index contributed by atoms with van der Waals surface area (Å²) in [5, 5.41) is 7.89. The van der Waals surface area contributed by atoms with Gasteiger partial charge in [0.05, 0.1) is 22.3 Å². The first-order valence-corrected chi connectivity index (χ1v) is 12.8. The van der Waals surface area contributed by atoms with E-state index in [9.17, 15) is 14.4 Å². The van der Waals surface area contributed by atoms with Crippen molar-refractivity contribution in [3.63, 3.8) is 0 Å². The van der Waals surface area contributed by atoms with Gasteiger partial charge >= 0.3 is 6.03 Å². The lowest BCUT2D eigenvalue weighted by Gasteiger charge is -2.13. The Morgan fingerprint density at radius 2 is 1.85 bits per heavy atom. The number of aromatic nitrogens is 2. The molecule has 2 aromatic heterocycles. The fraction of sp³-hybridized carbons (Fsp3) is 0.200. The number of nitrogens with one attached hydrogen (secondary N) is 2. The molecule has 0 spiro atoms. The predicted octanol–water partition coefficient (Wildman–Crippen LogP) is 4.17. The van der Waals surface area contributed by atoms with Gasteiger partial charge in [0.2, 0.25) is 5.91 Å². The lowest BCUT2D eigenvalue weighted by atomic mass is 10.1. The van der Waals surface area contributed by atoms with Gasteiger partial charge in [0.1, 0.15) is 0 Å².